The van der Waals surface area contributed by atoms with Crippen molar-refractivity contribution in [1.82, 2.24) is 20.2 Å². The first-order chi connectivity index (χ1) is 9.33. The van der Waals surface area contributed by atoms with E-state index >= 15 is 0 Å². The van der Waals surface area contributed by atoms with Gasteiger partial charge in [0.2, 0.25) is 0 Å². The van der Waals surface area contributed by atoms with E-state index in [0.717, 1.165) is 29.2 Å². The number of benzene rings is 1. The first-order valence-corrected chi connectivity index (χ1v) is 6.94. The van der Waals surface area contributed by atoms with E-state index in [1.807, 2.05) is 29.8 Å². The molecule has 0 aliphatic carbocycles. The lowest BCUT2D eigenvalue weighted by molar-refractivity contribution is 0.200. The summed E-state index contributed by atoms with van der Waals surface area (Å²) < 4.78 is 1.85. The first kappa shape index (κ1) is 14.5. The molecule has 2 N–H and O–H groups in total. The molecule has 0 unspecified atom stereocenters. The molecule has 20 heavy (non-hydrogen) atoms. The van der Waals surface area contributed by atoms with E-state index in [0.29, 0.717) is 5.92 Å². The number of hydrogen-bond acceptors (Lipinski definition) is 4. The van der Waals surface area contributed by atoms with Crippen LogP contribution in [0.3, 0.4) is 0 Å². The number of aromatic nitrogens is 4. The Kier molecular flexibility index (Phi) is 3.79. The summed E-state index contributed by atoms with van der Waals surface area (Å²) in [6.45, 7) is 11.6. The predicted molar refractivity (Wildman–Crippen MR) is 81.0 cm³/mol. The zero-order valence-electron chi connectivity index (χ0n) is 12.9. The molecule has 0 aliphatic rings. The van der Waals surface area contributed by atoms with Gasteiger partial charge in [0.25, 0.3) is 0 Å². The smallest absolute Gasteiger partial charge is 0.184 e. The summed E-state index contributed by atoms with van der Waals surface area (Å²) in [4.78, 5) is 0. The van der Waals surface area contributed by atoms with Crippen LogP contribution in [-0.2, 0) is 6.54 Å². The molecule has 2 aromatic rings. The first-order valence-electron chi connectivity index (χ1n) is 6.94. The number of nitrogen functional groups attached to an aromatic ring is 1. The van der Waals surface area contributed by atoms with Crippen molar-refractivity contribution in [2.75, 3.05) is 5.73 Å². The van der Waals surface area contributed by atoms with Gasteiger partial charge in [0.1, 0.15) is 0 Å². The van der Waals surface area contributed by atoms with Gasteiger partial charge < -0.3 is 5.73 Å². The number of rotatable bonds is 4. The monoisotopic (exact) mass is 273 g/mol. The quantitative estimate of drug-likeness (QED) is 0.870. The van der Waals surface area contributed by atoms with E-state index in [-0.39, 0.29) is 5.41 Å². The molecular formula is C15H23N5. The van der Waals surface area contributed by atoms with Crippen molar-refractivity contribution < 1.29 is 0 Å². The van der Waals surface area contributed by atoms with E-state index in [2.05, 4.69) is 43.2 Å². The molecule has 1 heterocycles. The van der Waals surface area contributed by atoms with Crippen molar-refractivity contribution in [3.63, 3.8) is 0 Å². The summed E-state index contributed by atoms with van der Waals surface area (Å²) in [5.74, 6) is 1.27. The summed E-state index contributed by atoms with van der Waals surface area (Å²) in [7, 11) is 0. The second-order valence-electron chi connectivity index (χ2n) is 6.34. The lowest BCUT2D eigenvalue weighted by Gasteiger charge is -2.29. The molecule has 0 radical (unpaired) electrons. The number of para-hydroxylation sites is 1. The van der Waals surface area contributed by atoms with Gasteiger partial charge in [-0.2, -0.15) is 0 Å². The van der Waals surface area contributed by atoms with Crippen molar-refractivity contribution >= 4 is 5.69 Å². The van der Waals surface area contributed by atoms with Gasteiger partial charge in [-0.3, -0.25) is 0 Å². The van der Waals surface area contributed by atoms with Crippen LogP contribution < -0.4 is 5.73 Å². The number of nitrogens with zero attached hydrogens (tertiary/aromatic N) is 4. The van der Waals surface area contributed by atoms with E-state index in [1.54, 1.807) is 0 Å². The Morgan fingerprint density at radius 2 is 2.00 bits per heavy atom. The summed E-state index contributed by atoms with van der Waals surface area (Å²) in [5, 5.41) is 12.1. The highest BCUT2D eigenvalue weighted by molar-refractivity contribution is 5.73. The summed E-state index contributed by atoms with van der Waals surface area (Å²) >= 11 is 0. The average Bonchev–Trinajstić information content (AvgIpc) is 2.80. The minimum atomic E-state index is 0.114. The molecule has 0 saturated heterocycles. The van der Waals surface area contributed by atoms with Crippen molar-refractivity contribution in [2.24, 2.45) is 11.3 Å². The van der Waals surface area contributed by atoms with Crippen molar-refractivity contribution in [1.29, 1.82) is 0 Å². The van der Waals surface area contributed by atoms with E-state index in [4.69, 9.17) is 5.73 Å². The van der Waals surface area contributed by atoms with Crippen LogP contribution in [0.15, 0.2) is 18.2 Å². The molecule has 1 aromatic carbocycles. The Labute approximate surface area is 120 Å². The van der Waals surface area contributed by atoms with Crippen molar-refractivity contribution in [3.05, 3.63) is 23.8 Å². The van der Waals surface area contributed by atoms with Crippen LogP contribution in [0.4, 0.5) is 5.69 Å². The van der Waals surface area contributed by atoms with Crippen LogP contribution in [0.5, 0.6) is 0 Å². The van der Waals surface area contributed by atoms with E-state index in [9.17, 15) is 0 Å². The second-order valence-corrected chi connectivity index (χ2v) is 6.34. The van der Waals surface area contributed by atoms with Gasteiger partial charge in [-0.25, -0.2) is 4.68 Å². The molecule has 108 valence electrons. The van der Waals surface area contributed by atoms with Crippen molar-refractivity contribution in [3.8, 4) is 11.4 Å². The third kappa shape index (κ3) is 2.66. The van der Waals surface area contributed by atoms with Crippen LogP contribution in [0, 0.1) is 18.3 Å². The fourth-order valence-electron chi connectivity index (χ4n) is 1.95. The minimum absolute atomic E-state index is 0.114. The molecule has 0 amide bonds. The Hall–Kier alpha value is -1.91. The maximum Gasteiger partial charge on any atom is 0.184 e. The molecule has 0 aliphatic heterocycles. The number of tetrazole rings is 1. The maximum absolute atomic E-state index is 6.16. The summed E-state index contributed by atoms with van der Waals surface area (Å²) in [6, 6.07) is 5.94. The van der Waals surface area contributed by atoms with Gasteiger partial charge in [0, 0.05) is 11.3 Å². The van der Waals surface area contributed by atoms with Crippen LogP contribution in [0.25, 0.3) is 11.4 Å². The molecule has 0 saturated carbocycles. The Balaban J connectivity index is 2.41. The molecule has 5 heteroatoms. The summed E-state index contributed by atoms with van der Waals surface area (Å²) in [5.41, 5.74) is 8.95. The highest BCUT2D eigenvalue weighted by Gasteiger charge is 2.25. The van der Waals surface area contributed by atoms with Crippen molar-refractivity contribution in [2.45, 2.75) is 41.2 Å². The number of aryl methyl sites for hydroxylation is 1. The highest BCUT2D eigenvalue weighted by Crippen LogP contribution is 2.31. The molecule has 2 rings (SSSR count). The molecule has 1 aromatic heterocycles. The molecular weight excluding hydrogens is 250 g/mol. The van der Waals surface area contributed by atoms with Crippen LogP contribution in [0.2, 0.25) is 0 Å². The maximum atomic E-state index is 6.16. The molecule has 0 spiro atoms. The molecule has 0 atom stereocenters. The summed E-state index contributed by atoms with van der Waals surface area (Å²) in [6.07, 6.45) is 0. The largest absolute Gasteiger partial charge is 0.398 e. The van der Waals surface area contributed by atoms with Crippen LogP contribution in [0.1, 0.15) is 33.3 Å². The normalized spacial score (nSPS) is 12.1. The standard InChI is InChI=1S/C15H23N5/c1-10(2)15(4,5)9-20-14(17-18-19-20)12-8-6-7-11(3)13(12)16/h6-8,10H,9,16H2,1-5H3. The zero-order chi connectivity index (χ0) is 14.9. The lowest BCUT2D eigenvalue weighted by Crippen LogP contribution is -2.26. The van der Waals surface area contributed by atoms with Gasteiger partial charge in [0.15, 0.2) is 5.82 Å². The van der Waals surface area contributed by atoms with Crippen LogP contribution >= 0.6 is 0 Å². The second kappa shape index (κ2) is 5.23. The Morgan fingerprint density at radius 3 is 2.65 bits per heavy atom. The van der Waals surface area contributed by atoms with Gasteiger partial charge in [-0.05, 0) is 40.3 Å². The van der Waals surface area contributed by atoms with Gasteiger partial charge in [-0.1, -0.05) is 39.8 Å². The highest BCUT2D eigenvalue weighted by atomic mass is 15.5. The van der Waals surface area contributed by atoms with Gasteiger partial charge >= 0.3 is 0 Å². The van der Waals surface area contributed by atoms with Gasteiger partial charge in [-0.15, -0.1) is 5.10 Å². The SMILES string of the molecule is Cc1cccc(-c2nnnn2CC(C)(C)C(C)C)c1N. The Bertz CT molecular complexity index is 598. The van der Waals surface area contributed by atoms with Crippen LogP contribution in [-0.4, -0.2) is 20.2 Å². The topological polar surface area (TPSA) is 69.6 Å². The van der Waals surface area contributed by atoms with E-state index in [1.165, 1.54) is 0 Å². The average molecular weight is 273 g/mol. The van der Waals surface area contributed by atoms with Gasteiger partial charge in [0.05, 0.1) is 6.54 Å². The number of anilines is 1. The number of hydrogen-bond donors (Lipinski definition) is 1. The third-order valence-corrected chi connectivity index (χ3v) is 4.22. The fourth-order valence-corrected chi connectivity index (χ4v) is 1.95. The molecule has 0 bridgehead atoms. The predicted octanol–water partition coefficient (Wildman–Crippen LogP) is 2.91. The van der Waals surface area contributed by atoms with E-state index < -0.39 is 0 Å². The molecule has 0 fully saturated rings. The minimum Gasteiger partial charge on any atom is -0.398 e. The number of nitrogens with two attached hydrogens (primary N) is 1. The fraction of sp³-hybridized carbons (Fsp3) is 0.533. The zero-order valence-corrected chi connectivity index (χ0v) is 12.9. The lowest BCUT2D eigenvalue weighted by atomic mass is 9.81. The Morgan fingerprint density at radius 1 is 1.30 bits per heavy atom. The third-order valence-electron chi connectivity index (χ3n) is 4.22. The molecule has 5 nitrogen and oxygen atoms in total.